The summed E-state index contributed by atoms with van der Waals surface area (Å²) in [5, 5.41) is 0.129. The molecule has 1 saturated heterocycles. The lowest BCUT2D eigenvalue weighted by Crippen LogP contribution is -2.41. The Kier molecular flexibility index (Phi) is 3.36. The Morgan fingerprint density at radius 3 is 2.83 bits per heavy atom. The molecule has 3 nitrogen and oxygen atoms in total. The van der Waals surface area contributed by atoms with E-state index in [-0.39, 0.29) is 28.5 Å². The molecule has 7 heteroatoms. The van der Waals surface area contributed by atoms with E-state index in [0.29, 0.717) is 0 Å². The number of hydrogen-bond acceptors (Lipinski definition) is 3. The Labute approximate surface area is 109 Å². The van der Waals surface area contributed by atoms with Gasteiger partial charge in [0, 0.05) is 17.7 Å². The Morgan fingerprint density at radius 1 is 1.56 bits per heavy atom. The Hall–Kier alpha value is -0.750. The van der Waals surface area contributed by atoms with Crippen molar-refractivity contribution in [3.05, 3.63) is 28.8 Å². The van der Waals surface area contributed by atoms with Crippen LogP contribution in [0.15, 0.2) is 12.3 Å². The maximum atomic E-state index is 14.9. The molecule has 100 valence electrons. The van der Waals surface area contributed by atoms with Gasteiger partial charge in [0.2, 0.25) is 5.95 Å². The molecule has 0 unspecified atom stereocenters. The van der Waals surface area contributed by atoms with E-state index in [9.17, 15) is 17.2 Å². The fraction of sp³-hybridized carbons (Fsp3) is 0.545. The van der Waals surface area contributed by atoms with Gasteiger partial charge in [0.1, 0.15) is 5.67 Å². The molecule has 18 heavy (non-hydrogen) atoms. The Balaban J connectivity index is 2.46. The second kappa shape index (κ2) is 4.42. The molecule has 0 saturated carbocycles. The van der Waals surface area contributed by atoms with Crippen LogP contribution in [-0.2, 0) is 15.5 Å². The molecular formula is C11H12ClF2NO2S. The zero-order valence-corrected chi connectivity index (χ0v) is 11.2. The minimum Gasteiger partial charge on any atom is -0.238 e. The Morgan fingerprint density at radius 2 is 2.22 bits per heavy atom. The average molecular weight is 296 g/mol. The van der Waals surface area contributed by atoms with Crippen molar-refractivity contribution in [1.82, 2.24) is 4.98 Å². The minimum absolute atomic E-state index is 0.129. The van der Waals surface area contributed by atoms with Crippen molar-refractivity contribution >= 4 is 21.4 Å². The van der Waals surface area contributed by atoms with Gasteiger partial charge in [-0.15, -0.1) is 0 Å². The summed E-state index contributed by atoms with van der Waals surface area (Å²) in [5.41, 5.74) is -2.29. The molecule has 2 heterocycles. The van der Waals surface area contributed by atoms with Crippen LogP contribution in [0.5, 0.6) is 0 Å². The van der Waals surface area contributed by atoms with Crippen LogP contribution < -0.4 is 0 Å². The topological polar surface area (TPSA) is 47.0 Å². The number of rotatable bonds is 1. The quantitative estimate of drug-likeness (QED) is 0.748. The van der Waals surface area contributed by atoms with Gasteiger partial charge >= 0.3 is 0 Å². The highest BCUT2D eigenvalue weighted by molar-refractivity contribution is 7.91. The van der Waals surface area contributed by atoms with Crippen molar-refractivity contribution in [1.29, 1.82) is 0 Å². The van der Waals surface area contributed by atoms with Crippen molar-refractivity contribution in [3.63, 3.8) is 0 Å². The first-order chi connectivity index (χ1) is 8.24. The lowest BCUT2D eigenvalue weighted by molar-refractivity contribution is 0.0842. The maximum absolute atomic E-state index is 14.9. The van der Waals surface area contributed by atoms with E-state index in [1.165, 1.54) is 13.0 Å². The summed E-state index contributed by atoms with van der Waals surface area (Å²) in [6.07, 6.45) is 0.823. The van der Waals surface area contributed by atoms with Crippen LogP contribution in [0, 0.1) is 11.9 Å². The lowest BCUT2D eigenvalue weighted by Gasteiger charge is -2.35. The van der Waals surface area contributed by atoms with Crippen molar-refractivity contribution in [2.45, 2.75) is 19.0 Å². The van der Waals surface area contributed by atoms with Crippen LogP contribution in [0.25, 0.3) is 0 Å². The molecule has 1 aromatic rings. The van der Waals surface area contributed by atoms with Gasteiger partial charge in [0.25, 0.3) is 0 Å². The number of sulfone groups is 1. The molecule has 0 amide bonds. The van der Waals surface area contributed by atoms with Gasteiger partial charge in [-0.2, -0.15) is 4.39 Å². The average Bonchev–Trinajstić information content (AvgIpc) is 2.27. The molecule has 0 aliphatic carbocycles. The molecule has 2 atom stereocenters. The van der Waals surface area contributed by atoms with Gasteiger partial charge in [-0.25, -0.2) is 17.8 Å². The molecule has 0 radical (unpaired) electrons. The molecule has 1 aliphatic heterocycles. The molecule has 1 aliphatic rings. The van der Waals surface area contributed by atoms with Crippen molar-refractivity contribution in [3.8, 4) is 0 Å². The van der Waals surface area contributed by atoms with Gasteiger partial charge in [0.15, 0.2) is 9.84 Å². The van der Waals surface area contributed by atoms with Crippen LogP contribution in [0.4, 0.5) is 8.78 Å². The SMILES string of the molecule is C[C@@H]1CS(=O)(=O)CC[C@]1(F)c1cc(Cl)cnc1F. The fourth-order valence-corrected chi connectivity index (χ4v) is 4.22. The lowest BCUT2D eigenvalue weighted by atomic mass is 9.83. The van der Waals surface area contributed by atoms with Crippen LogP contribution in [0.2, 0.25) is 5.02 Å². The van der Waals surface area contributed by atoms with Gasteiger partial charge in [-0.05, 0) is 12.5 Å². The largest absolute Gasteiger partial charge is 0.238 e. The monoisotopic (exact) mass is 295 g/mol. The second-order valence-electron chi connectivity index (χ2n) is 4.62. The van der Waals surface area contributed by atoms with E-state index in [1.54, 1.807) is 0 Å². The summed E-state index contributed by atoms with van der Waals surface area (Å²) in [6, 6.07) is 1.18. The molecule has 0 spiro atoms. The van der Waals surface area contributed by atoms with E-state index in [0.717, 1.165) is 6.20 Å². The van der Waals surface area contributed by atoms with Crippen LogP contribution >= 0.6 is 11.6 Å². The molecular weight excluding hydrogens is 284 g/mol. The number of nitrogens with zero attached hydrogens (tertiary/aromatic N) is 1. The summed E-state index contributed by atoms with van der Waals surface area (Å²) >= 11 is 5.69. The minimum atomic E-state index is -3.25. The molecule has 1 aromatic heterocycles. The van der Waals surface area contributed by atoms with Crippen LogP contribution in [0.1, 0.15) is 18.9 Å². The normalized spacial score (nSPS) is 31.2. The first-order valence-electron chi connectivity index (χ1n) is 5.45. The molecule has 0 N–H and O–H groups in total. The summed E-state index contributed by atoms with van der Waals surface area (Å²) in [4.78, 5) is 3.38. The number of halogens is 3. The van der Waals surface area contributed by atoms with Crippen molar-refractivity contribution in [2.24, 2.45) is 5.92 Å². The predicted octanol–water partition coefficient (Wildman–Crippen LogP) is 2.49. The van der Waals surface area contributed by atoms with E-state index < -0.39 is 27.4 Å². The van der Waals surface area contributed by atoms with E-state index in [2.05, 4.69) is 4.98 Å². The van der Waals surface area contributed by atoms with Crippen LogP contribution in [-0.4, -0.2) is 24.9 Å². The number of aromatic nitrogens is 1. The Bertz CT molecular complexity index is 578. The molecule has 0 bridgehead atoms. The number of hydrogen-bond donors (Lipinski definition) is 0. The van der Waals surface area contributed by atoms with Crippen LogP contribution in [0.3, 0.4) is 0 Å². The molecule has 1 fully saturated rings. The number of alkyl halides is 1. The molecule has 0 aromatic carbocycles. The van der Waals surface area contributed by atoms with E-state index in [4.69, 9.17) is 11.6 Å². The van der Waals surface area contributed by atoms with Crippen molar-refractivity contribution in [2.75, 3.05) is 11.5 Å². The van der Waals surface area contributed by atoms with Gasteiger partial charge in [0.05, 0.1) is 16.5 Å². The summed E-state index contributed by atoms with van der Waals surface area (Å²) < 4.78 is 51.3. The summed E-state index contributed by atoms with van der Waals surface area (Å²) in [7, 11) is -3.25. The third kappa shape index (κ3) is 2.36. The summed E-state index contributed by atoms with van der Waals surface area (Å²) in [5.74, 6) is -2.35. The third-order valence-corrected chi connectivity index (χ3v) is 5.36. The van der Waals surface area contributed by atoms with E-state index in [1.807, 2.05) is 0 Å². The smallest absolute Gasteiger partial charge is 0.219 e. The fourth-order valence-electron chi connectivity index (χ4n) is 2.26. The predicted molar refractivity (Wildman–Crippen MR) is 64.4 cm³/mol. The molecule has 2 rings (SSSR count). The second-order valence-corrected chi connectivity index (χ2v) is 7.28. The third-order valence-electron chi connectivity index (χ3n) is 3.32. The standard InChI is InChI=1S/C11H12ClF2NO2S/c1-7-6-18(16,17)3-2-11(7,14)9-4-8(12)5-15-10(9)13/h4-5,7H,2-3,6H2,1H3/t7-,11-/m1/s1. The number of pyridine rings is 1. The van der Waals surface area contributed by atoms with Gasteiger partial charge in [-0.1, -0.05) is 18.5 Å². The summed E-state index contributed by atoms with van der Waals surface area (Å²) in [6.45, 7) is 1.46. The highest BCUT2D eigenvalue weighted by Crippen LogP contribution is 2.43. The van der Waals surface area contributed by atoms with Gasteiger partial charge < -0.3 is 0 Å². The highest BCUT2D eigenvalue weighted by Gasteiger charge is 2.46. The van der Waals surface area contributed by atoms with Crippen molar-refractivity contribution < 1.29 is 17.2 Å². The highest BCUT2D eigenvalue weighted by atomic mass is 35.5. The first-order valence-corrected chi connectivity index (χ1v) is 7.65. The first kappa shape index (κ1) is 13.7. The van der Waals surface area contributed by atoms with Gasteiger partial charge in [-0.3, -0.25) is 0 Å². The zero-order valence-electron chi connectivity index (χ0n) is 9.66. The zero-order chi connectivity index (χ0) is 13.6. The maximum Gasteiger partial charge on any atom is 0.219 e. The van der Waals surface area contributed by atoms with E-state index >= 15 is 0 Å².